The van der Waals surface area contributed by atoms with Crippen molar-refractivity contribution in [3.05, 3.63) is 57.0 Å². The molecule has 0 unspecified atom stereocenters. The number of benzene rings is 2. The van der Waals surface area contributed by atoms with Crippen LogP contribution in [0.2, 0.25) is 15.1 Å². The molecule has 0 fully saturated rings. The highest BCUT2D eigenvalue weighted by molar-refractivity contribution is 7.97. The van der Waals surface area contributed by atoms with Crippen LogP contribution in [0.3, 0.4) is 0 Å². The van der Waals surface area contributed by atoms with Gasteiger partial charge in [0.15, 0.2) is 0 Å². The maximum atomic E-state index is 8.96. The van der Waals surface area contributed by atoms with Gasteiger partial charge in [-0.05, 0) is 30.3 Å². The van der Waals surface area contributed by atoms with Gasteiger partial charge in [0, 0.05) is 21.9 Å². The molecular weight excluding hydrogens is 403 g/mol. The van der Waals surface area contributed by atoms with E-state index in [1.807, 2.05) is 6.07 Å². The fourth-order valence-electron chi connectivity index (χ4n) is 1.93. The summed E-state index contributed by atoms with van der Waals surface area (Å²) in [5.41, 5.74) is 6.87. The van der Waals surface area contributed by atoms with E-state index in [-0.39, 0.29) is 11.9 Å². The molecule has 6 nitrogen and oxygen atoms in total. The van der Waals surface area contributed by atoms with Gasteiger partial charge in [0.1, 0.15) is 0 Å². The van der Waals surface area contributed by atoms with Crippen LogP contribution in [-0.4, -0.2) is 14.2 Å². The number of hydrogen-bond donors (Lipinski definition) is 2. The molecule has 25 heavy (non-hydrogen) atoms. The van der Waals surface area contributed by atoms with Gasteiger partial charge in [0.2, 0.25) is 11.9 Å². The number of nitriles is 1. The first kappa shape index (κ1) is 17.7. The molecule has 0 aliphatic carbocycles. The van der Waals surface area contributed by atoms with Crippen LogP contribution in [0.4, 0.5) is 17.6 Å². The van der Waals surface area contributed by atoms with Gasteiger partial charge in [-0.25, -0.2) is 0 Å². The molecule has 0 aliphatic rings. The molecule has 0 atom stereocenters. The van der Waals surface area contributed by atoms with Gasteiger partial charge >= 0.3 is 0 Å². The molecule has 0 saturated heterocycles. The summed E-state index contributed by atoms with van der Waals surface area (Å²) in [5, 5.41) is 17.2. The number of nitrogens with zero attached hydrogens (tertiary/aromatic N) is 4. The Kier molecular flexibility index (Phi) is 5.25. The first-order valence-corrected chi connectivity index (χ1v) is 8.69. The van der Waals surface area contributed by atoms with Crippen molar-refractivity contribution in [2.75, 3.05) is 11.1 Å². The predicted octanol–water partition coefficient (Wildman–Crippen LogP) is 4.99. The summed E-state index contributed by atoms with van der Waals surface area (Å²) >= 11 is 19.4. The fraction of sp³-hybridized carbons (Fsp3) is 0. The maximum Gasteiger partial charge on any atom is 0.249 e. The van der Waals surface area contributed by atoms with Crippen LogP contribution in [0, 0.1) is 11.3 Å². The van der Waals surface area contributed by atoms with Crippen LogP contribution in [0.15, 0.2) is 41.3 Å². The van der Waals surface area contributed by atoms with Crippen molar-refractivity contribution in [1.82, 2.24) is 14.2 Å². The molecule has 3 aromatic rings. The lowest BCUT2D eigenvalue weighted by atomic mass is 10.2. The highest BCUT2D eigenvalue weighted by Crippen LogP contribution is 2.35. The first-order chi connectivity index (χ1) is 12.0. The standard InChI is InChI=1S/C15H9Cl3N6S/c16-9-5-11(17)13(12(18)6-9)21-15-22-14(20)24(23-15)25-10-3-1-2-8(4-10)7-19/h1-6H,(H3,20,21,22,23). The van der Waals surface area contributed by atoms with Crippen LogP contribution < -0.4 is 11.1 Å². The van der Waals surface area contributed by atoms with E-state index >= 15 is 0 Å². The summed E-state index contributed by atoms with van der Waals surface area (Å²) in [7, 11) is 0. The number of nitrogen functional groups attached to an aromatic ring is 1. The van der Waals surface area contributed by atoms with Crippen LogP contribution in [-0.2, 0) is 0 Å². The zero-order valence-corrected chi connectivity index (χ0v) is 15.5. The number of halogens is 3. The Morgan fingerprint density at radius 1 is 1.16 bits per heavy atom. The molecule has 0 amide bonds. The minimum atomic E-state index is 0.177. The maximum absolute atomic E-state index is 8.96. The average Bonchev–Trinajstić information content (AvgIpc) is 2.90. The number of rotatable bonds is 4. The molecule has 1 heterocycles. The van der Waals surface area contributed by atoms with Crippen molar-refractivity contribution >= 4 is 64.3 Å². The minimum Gasteiger partial charge on any atom is -0.367 e. The molecule has 126 valence electrons. The lowest BCUT2D eigenvalue weighted by Crippen LogP contribution is -1.97. The van der Waals surface area contributed by atoms with Crippen molar-refractivity contribution in [3.63, 3.8) is 0 Å². The molecule has 2 aromatic carbocycles. The van der Waals surface area contributed by atoms with E-state index < -0.39 is 0 Å². The largest absolute Gasteiger partial charge is 0.367 e. The smallest absolute Gasteiger partial charge is 0.249 e. The molecule has 0 bridgehead atoms. The molecule has 3 rings (SSSR count). The number of aromatic nitrogens is 3. The number of nitrogens with two attached hydrogens (primary N) is 1. The molecule has 1 aromatic heterocycles. The Hall–Kier alpha value is -2.11. The number of hydrogen-bond acceptors (Lipinski definition) is 6. The Bertz CT molecular complexity index is 959. The molecular formula is C15H9Cl3N6S. The van der Waals surface area contributed by atoms with Crippen LogP contribution in [0.25, 0.3) is 0 Å². The predicted molar refractivity (Wildman–Crippen MR) is 102 cm³/mol. The molecule has 10 heteroatoms. The molecule has 3 N–H and O–H groups in total. The molecule has 0 spiro atoms. The van der Waals surface area contributed by atoms with E-state index in [0.29, 0.717) is 26.3 Å². The van der Waals surface area contributed by atoms with Gasteiger partial charge < -0.3 is 11.1 Å². The van der Waals surface area contributed by atoms with Gasteiger partial charge in [0.05, 0.1) is 27.4 Å². The third-order valence-corrected chi connectivity index (χ3v) is 4.72. The molecule has 0 aliphatic heterocycles. The second kappa shape index (κ2) is 7.42. The average molecular weight is 412 g/mol. The second-order valence-electron chi connectivity index (χ2n) is 4.77. The van der Waals surface area contributed by atoms with E-state index in [1.54, 1.807) is 30.3 Å². The quantitative estimate of drug-likeness (QED) is 0.628. The van der Waals surface area contributed by atoms with E-state index in [2.05, 4.69) is 21.5 Å². The van der Waals surface area contributed by atoms with Crippen molar-refractivity contribution < 1.29 is 0 Å². The van der Waals surface area contributed by atoms with Gasteiger partial charge in [-0.15, -0.1) is 5.10 Å². The van der Waals surface area contributed by atoms with E-state index in [4.69, 9.17) is 45.8 Å². The van der Waals surface area contributed by atoms with Crippen molar-refractivity contribution in [2.24, 2.45) is 0 Å². The molecule has 0 radical (unpaired) electrons. The summed E-state index contributed by atoms with van der Waals surface area (Å²) < 4.78 is 1.43. The van der Waals surface area contributed by atoms with E-state index in [0.717, 1.165) is 4.90 Å². The summed E-state index contributed by atoms with van der Waals surface area (Å²) in [6.07, 6.45) is 0. The summed E-state index contributed by atoms with van der Waals surface area (Å²) in [6, 6.07) is 12.3. The highest BCUT2D eigenvalue weighted by Gasteiger charge is 2.13. The van der Waals surface area contributed by atoms with E-state index in [9.17, 15) is 0 Å². The van der Waals surface area contributed by atoms with Crippen LogP contribution in [0.5, 0.6) is 0 Å². The van der Waals surface area contributed by atoms with Gasteiger partial charge in [-0.2, -0.15) is 14.3 Å². The third-order valence-electron chi connectivity index (χ3n) is 3.00. The fourth-order valence-corrected chi connectivity index (χ4v) is 3.61. The normalized spacial score (nSPS) is 10.5. The van der Waals surface area contributed by atoms with E-state index in [1.165, 1.54) is 16.0 Å². The van der Waals surface area contributed by atoms with Crippen molar-refractivity contribution in [2.45, 2.75) is 4.90 Å². The zero-order valence-electron chi connectivity index (χ0n) is 12.4. The summed E-state index contributed by atoms with van der Waals surface area (Å²) in [6.45, 7) is 0. The van der Waals surface area contributed by atoms with Crippen molar-refractivity contribution in [1.29, 1.82) is 5.26 Å². The summed E-state index contributed by atoms with van der Waals surface area (Å²) in [5.74, 6) is 0.406. The highest BCUT2D eigenvalue weighted by atomic mass is 35.5. The number of nitrogens with one attached hydrogen (secondary N) is 1. The third kappa shape index (κ3) is 4.11. The second-order valence-corrected chi connectivity index (χ2v) is 7.02. The van der Waals surface area contributed by atoms with Gasteiger partial charge in [-0.1, -0.05) is 40.9 Å². The van der Waals surface area contributed by atoms with Gasteiger partial charge in [-0.3, -0.25) is 0 Å². The SMILES string of the molecule is N#Cc1cccc(Sn2nc(Nc3c(Cl)cc(Cl)cc3Cl)nc2N)c1. The van der Waals surface area contributed by atoms with Crippen molar-refractivity contribution in [3.8, 4) is 6.07 Å². The topological polar surface area (TPSA) is 92.5 Å². The monoisotopic (exact) mass is 410 g/mol. The summed E-state index contributed by atoms with van der Waals surface area (Å²) in [4.78, 5) is 4.93. The van der Waals surface area contributed by atoms with Crippen LogP contribution in [0.1, 0.15) is 5.56 Å². The first-order valence-electron chi connectivity index (χ1n) is 6.79. The lowest BCUT2D eigenvalue weighted by Gasteiger charge is -2.07. The molecule has 0 saturated carbocycles. The Balaban J connectivity index is 1.84. The van der Waals surface area contributed by atoms with Gasteiger partial charge in [0.25, 0.3) is 0 Å². The van der Waals surface area contributed by atoms with Crippen LogP contribution >= 0.6 is 46.8 Å². The minimum absolute atomic E-state index is 0.177. The lowest BCUT2D eigenvalue weighted by molar-refractivity contribution is 1.02. The Morgan fingerprint density at radius 3 is 2.56 bits per heavy atom. The Labute approximate surface area is 162 Å². The zero-order chi connectivity index (χ0) is 18.0. The Morgan fingerprint density at radius 2 is 1.88 bits per heavy atom. The number of anilines is 3.